The Hall–Kier alpha value is -0.960. The smallest absolute Gasteiger partial charge is 0.225 e. The van der Waals surface area contributed by atoms with Crippen molar-refractivity contribution < 1.29 is 13.2 Å². The Morgan fingerprint density at radius 2 is 1.78 bits per heavy atom. The summed E-state index contributed by atoms with van der Waals surface area (Å²) < 4.78 is 27.9. The number of hydrogen-bond acceptors (Lipinski definition) is 4. The maximum atomic E-state index is 12.8. The topological polar surface area (TPSA) is 60.9 Å². The van der Waals surface area contributed by atoms with Crippen molar-refractivity contribution in [1.29, 1.82) is 0 Å². The van der Waals surface area contributed by atoms with Crippen molar-refractivity contribution in [2.24, 2.45) is 5.92 Å². The molecule has 1 aromatic carbocycles. The average molecular weight is 458 g/mol. The van der Waals surface area contributed by atoms with Gasteiger partial charge in [0.05, 0.1) is 5.75 Å². The van der Waals surface area contributed by atoms with Crippen LogP contribution in [0.4, 0.5) is 0 Å². The van der Waals surface area contributed by atoms with E-state index < -0.39 is 10.0 Å². The Kier molecular flexibility index (Phi) is 6.94. The van der Waals surface area contributed by atoms with Gasteiger partial charge in [-0.2, -0.15) is 0 Å². The van der Waals surface area contributed by atoms with Crippen molar-refractivity contribution in [3.05, 3.63) is 34.3 Å². The Morgan fingerprint density at radius 1 is 1.11 bits per heavy atom. The highest BCUT2D eigenvalue weighted by atomic mass is 79.9. The summed E-state index contributed by atoms with van der Waals surface area (Å²) in [4.78, 5) is 17.1. The minimum absolute atomic E-state index is 0.00400. The van der Waals surface area contributed by atoms with Gasteiger partial charge in [0.15, 0.2) is 0 Å². The van der Waals surface area contributed by atoms with Crippen LogP contribution in [0.5, 0.6) is 0 Å². The fraction of sp³-hybridized carbons (Fsp3) is 0.632. The molecule has 0 N–H and O–H groups in total. The summed E-state index contributed by atoms with van der Waals surface area (Å²) in [5, 5.41) is 0. The molecule has 2 aliphatic heterocycles. The molecule has 0 bridgehead atoms. The molecule has 1 aromatic rings. The van der Waals surface area contributed by atoms with Gasteiger partial charge in [0.25, 0.3) is 0 Å². The molecule has 2 heterocycles. The van der Waals surface area contributed by atoms with E-state index in [1.54, 1.807) is 4.31 Å². The minimum atomic E-state index is -3.36. The number of amides is 1. The van der Waals surface area contributed by atoms with Crippen molar-refractivity contribution >= 4 is 31.9 Å². The van der Waals surface area contributed by atoms with Gasteiger partial charge >= 0.3 is 0 Å². The van der Waals surface area contributed by atoms with Crippen molar-refractivity contribution in [1.82, 2.24) is 14.1 Å². The van der Waals surface area contributed by atoms with Crippen LogP contribution >= 0.6 is 15.9 Å². The molecule has 2 saturated heterocycles. The van der Waals surface area contributed by atoms with E-state index >= 15 is 0 Å². The summed E-state index contributed by atoms with van der Waals surface area (Å²) in [6.45, 7) is 7.47. The second-order valence-electron chi connectivity index (χ2n) is 7.32. The maximum absolute atomic E-state index is 12.8. The van der Waals surface area contributed by atoms with Crippen LogP contribution in [0.15, 0.2) is 28.7 Å². The molecule has 2 fully saturated rings. The summed E-state index contributed by atoms with van der Waals surface area (Å²) >= 11 is 3.38. The zero-order valence-corrected chi connectivity index (χ0v) is 18.2. The van der Waals surface area contributed by atoms with E-state index in [0.29, 0.717) is 25.9 Å². The van der Waals surface area contributed by atoms with Gasteiger partial charge in [-0.3, -0.25) is 4.79 Å². The molecule has 8 heteroatoms. The average Bonchev–Trinajstić information content (AvgIpc) is 2.67. The Morgan fingerprint density at radius 3 is 2.37 bits per heavy atom. The molecule has 150 valence electrons. The molecule has 0 radical (unpaired) electrons. The lowest BCUT2D eigenvalue weighted by molar-refractivity contribution is -0.138. The number of nitrogens with zero attached hydrogens (tertiary/aromatic N) is 3. The van der Waals surface area contributed by atoms with Crippen LogP contribution in [-0.4, -0.2) is 74.2 Å². The standard InChI is InChI=1S/C19H28BrN3O3S/c1-2-21-10-12-22(13-11-21)19(24)17-6-8-23(9-7-17)27(25,26)15-16-4-3-5-18(20)14-16/h3-5,14,17H,2,6-13,15H2,1H3. The van der Waals surface area contributed by atoms with Crippen molar-refractivity contribution in [2.75, 3.05) is 45.8 Å². The van der Waals surface area contributed by atoms with Gasteiger partial charge in [0.2, 0.25) is 15.9 Å². The lowest BCUT2D eigenvalue weighted by atomic mass is 9.96. The minimum Gasteiger partial charge on any atom is -0.340 e. The van der Waals surface area contributed by atoms with Crippen LogP contribution in [0, 0.1) is 5.92 Å². The summed E-state index contributed by atoms with van der Waals surface area (Å²) in [5.41, 5.74) is 0.774. The van der Waals surface area contributed by atoms with E-state index in [0.717, 1.165) is 42.8 Å². The van der Waals surface area contributed by atoms with Crippen LogP contribution in [0.3, 0.4) is 0 Å². The number of piperidine rings is 1. The van der Waals surface area contributed by atoms with Crippen LogP contribution in [0.2, 0.25) is 0 Å². The van der Waals surface area contributed by atoms with E-state index in [9.17, 15) is 13.2 Å². The predicted molar refractivity (Wildman–Crippen MR) is 110 cm³/mol. The number of carbonyl (C=O) groups excluding carboxylic acids is 1. The van der Waals surface area contributed by atoms with Crippen molar-refractivity contribution in [2.45, 2.75) is 25.5 Å². The molecule has 0 spiro atoms. The Bertz CT molecular complexity index is 755. The molecule has 0 aromatic heterocycles. The molecule has 6 nitrogen and oxygen atoms in total. The summed E-state index contributed by atoms with van der Waals surface area (Å²) in [6, 6.07) is 7.39. The zero-order chi connectivity index (χ0) is 19.4. The molecular weight excluding hydrogens is 430 g/mol. The molecule has 0 aliphatic carbocycles. The van der Waals surface area contributed by atoms with Gasteiger partial charge < -0.3 is 9.80 Å². The molecule has 3 rings (SSSR count). The SMILES string of the molecule is CCN1CCN(C(=O)C2CCN(S(=O)(=O)Cc3cccc(Br)c3)CC2)CC1. The molecule has 2 aliphatic rings. The van der Waals surface area contributed by atoms with Gasteiger partial charge in [0, 0.05) is 49.7 Å². The third-order valence-electron chi connectivity index (χ3n) is 5.57. The highest BCUT2D eigenvalue weighted by molar-refractivity contribution is 9.10. The van der Waals surface area contributed by atoms with Crippen LogP contribution < -0.4 is 0 Å². The monoisotopic (exact) mass is 457 g/mol. The highest BCUT2D eigenvalue weighted by Crippen LogP contribution is 2.24. The van der Waals surface area contributed by atoms with E-state index in [1.165, 1.54) is 0 Å². The van der Waals surface area contributed by atoms with Gasteiger partial charge in [-0.25, -0.2) is 12.7 Å². The number of rotatable bonds is 5. The Balaban J connectivity index is 1.53. The number of sulfonamides is 1. The number of piperazine rings is 1. The molecule has 1 amide bonds. The first-order valence-corrected chi connectivity index (χ1v) is 12.0. The second-order valence-corrected chi connectivity index (χ2v) is 10.2. The third-order valence-corrected chi connectivity index (χ3v) is 7.91. The maximum Gasteiger partial charge on any atom is 0.225 e. The fourth-order valence-electron chi connectivity index (χ4n) is 3.85. The highest BCUT2D eigenvalue weighted by Gasteiger charge is 2.33. The number of halogens is 1. The first kappa shape index (κ1) is 20.8. The Labute approximate surface area is 170 Å². The van der Waals surface area contributed by atoms with E-state index in [2.05, 4.69) is 27.8 Å². The molecule has 0 unspecified atom stereocenters. The number of carbonyl (C=O) groups is 1. The largest absolute Gasteiger partial charge is 0.340 e. The van der Waals surface area contributed by atoms with Gasteiger partial charge in [-0.1, -0.05) is 35.0 Å². The third kappa shape index (κ3) is 5.31. The predicted octanol–water partition coefficient (Wildman–Crippen LogP) is 2.16. The number of likely N-dealkylation sites (N-methyl/N-ethyl adjacent to an activating group) is 1. The first-order valence-electron chi connectivity index (χ1n) is 9.62. The summed E-state index contributed by atoms with van der Waals surface area (Å²) in [7, 11) is -3.36. The summed E-state index contributed by atoms with van der Waals surface area (Å²) in [5.74, 6) is 0.162. The first-order chi connectivity index (χ1) is 12.9. The van der Waals surface area contributed by atoms with Gasteiger partial charge in [0.1, 0.15) is 0 Å². The molecule has 27 heavy (non-hydrogen) atoms. The molecule has 0 atom stereocenters. The fourth-order valence-corrected chi connectivity index (χ4v) is 5.85. The van der Waals surface area contributed by atoms with Crippen LogP contribution in [-0.2, 0) is 20.6 Å². The lowest BCUT2D eigenvalue weighted by Gasteiger charge is -2.38. The quantitative estimate of drug-likeness (QED) is 0.679. The number of benzene rings is 1. The van der Waals surface area contributed by atoms with Crippen molar-refractivity contribution in [3.63, 3.8) is 0 Å². The second kappa shape index (κ2) is 9.03. The molecular formula is C19H28BrN3O3S. The van der Waals surface area contributed by atoms with E-state index in [4.69, 9.17) is 0 Å². The van der Waals surface area contributed by atoms with Gasteiger partial charge in [-0.05, 0) is 37.1 Å². The van der Waals surface area contributed by atoms with E-state index in [-0.39, 0.29) is 17.6 Å². The van der Waals surface area contributed by atoms with Crippen LogP contribution in [0.1, 0.15) is 25.3 Å². The van der Waals surface area contributed by atoms with Crippen molar-refractivity contribution in [3.8, 4) is 0 Å². The number of hydrogen-bond donors (Lipinski definition) is 0. The lowest BCUT2D eigenvalue weighted by Crippen LogP contribution is -2.51. The molecule has 0 saturated carbocycles. The zero-order valence-electron chi connectivity index (χ0n) is 15.8. The normalized spacial score (nSPS) is 20.7. The summed E-state index contributed by atoms with van der Waals surface area (Å²) in [6.07, 6.45) is 1.23. The van der Waals surface area contributed by atoms with Crippen LogP contribution in [0.25, 0.3) is 0 Å². The van der Waals surface area contributed by atoms with Gasteiger partial charge in [-0.15, -0.1) is 0 Å². The van der Waals surface area contributed by atoms with E-state index in [1.807, 2.05) is 29.2 Å².